The van der Waals surface area contributed by atoms with Gasteiger partial charge in [-0.1, -0.05) is 44.2 Å². The third-order valence-electron chi connectivity index (χ3n) is 8.43. The Bertz CT molecular complexity index is 1210. The fraction of sp³-hybridized carbons (Fsp3) is 0.676. The summed E-state index contributed by atoms with van der Waals surface area (Å²) in [5.41, 5.74) is 6.43. The van der Waals surface area contributed by atoms with Gasteiger partial charge in [-0.2, -0.15) is 0 Å². The average molecular weight is 643 g/mol. The number of nitrogens with two attached hydrogens (primary N) is 1. The van der Waals surface area contributed by atoms with Crippen molar-refractivity contribution in [3.05, 3.63) is 35.9 Å². The van der Waals surface area contributed by atoms with E-state index in [4.69, 9.17) is 10.5 Å². The van der Waals surface area contributed by atoms with Crippen molar-refractivity contribution >= 4 is 29.7 Å². The van der Waals surface area contributed by atoms with Gasteiger partial charge >= 0.3 is 6.09 Å². The van der Waals surface area contributed by atoms with E-state index in [9.17, 15) is 24.0 Å². The number of benzene rings is 1. The largest absolute Gasteiger partial charge is 0.444 e. The normalized spacial score (nSPS) is 17.6. The van der Waals surface area contributed by atoms with Gasteiger partial charge in [0.1, 0.15) is 17.7 Å². The van der Waals surface area contributed by atoms with Gasteiger partial charge < -0.3 is 36.2 Å². The summed E-state index contributed by atoms with van der Waals surface area (Å²) in [6.07, 6.45) is 2.55. The van der Waals surface area contributed by atoms with Crippen LogP contribution in [0.1, 0.15) is 79.2 Å². The number of nitrogens with zero attached hydrogens (tertiary/aromatic N) is 2. The molecule has 0 bridgehead atoms. The zero-order valence-corrected chi connectivity index (χ0v) is 28.4. The Labute approximate surface area is 273 Å². The molecule has 1 aromatic carbocycles. The zero-order valence-electron chi connectivity index (χ0n) is 28.4. The molecule has 5 N–H and O–H groups in total. The van der Waals surface area contributed by atoms with Crippen molar-refractivity contribution in [1.82, 2.24) is 25.8 Å². The molecule has 3 rings (SSSR count). The average Bonchev–Trinajstić information content (AvgIpc) is 3.41. The second-order valence-electron chi connectivity index (χ2n) is 14.4. The van der Waals surface area contributed by atoms with Gasteiger partial charge in [-0.3, -0.25) is 19.2 Å². The summed E-state index contributed by atoms with van der Waals surface area (Å²) in [5, 5.41) is 8.50. The molecule has 12 heteroatoms. The van der Waals surface area contributed by atoms with Crippen LogP contribution in [-0.4, -0.2) is 96.0 Å². The van der Waals surface area contributed by atoms with Crippen LogP contribution in [0.25, 0.3) is 0 Å². The molecule has 256 valence electrons. The van der Waals surface area contributed by atoms with Crippen LogP contribution in [0.15, 0.2) is 30.3 Å². The summed E-state index contributed by atoms with van der Waals surface area (Å²) in [6.45, 7) is 13.6. The van der Waals surface area contributed by atoms with E-state index in [1.54, 1.807) is 32.6 Å². The number of ether oxygens (including phenoxy) is 1. The van der Waals surface area contributed by atoms with Crippen LogP contribution in [0.3, 0.4) is 0 Å². The van der Waals surface area contributed by atoms with Gasteiger partial charge in [0.15, 0.2) is 0 Å². The molecule has 0 aliphatic carbocycles. The third-order valence-corrected chi connectivity index (χ3v) is 8.43. The number of unbranched alkanes of at least 4 members (excludes halogenated alkanes) is 1. The highest BCUT2D eigenvalue weighted by Crippen LogP contribution is 2.40. The number of carbonyl (C=O) groups is 5. The predicted molar refractivity (Wildman–Crippen MR) is 175 cm³/mol. The number of hydrogen-bond donors (Lipinski definition) is 4. The molecule has 2 saturated heterocycles. The van der Waals surface area contributed by atoms with Crippen LogP contribution in [0, 0.1) is 11.3 Å². The summed E-state index contributed by atoms with van der Waals surface area (Å²) in [4.78, 5) is 67.9. The topological polar surface area (TPSA) is 163 Å². The van der Waals surface area contributed by atoms with Gasteiger partial charge in [0.05, 0.1) is 6.04 Å². The van der Waals surface area contributed by atoms with Gasteiger partial charge in [0.25, 0.3) is 0 Å². The SMILES string of the molecule is CC(=O)N1CCC2(C1)CN(C(=O)[C@@H](CCCCNC(=O)OC(C)(C)C)NC(=O)[C@@H](CC(C)C)NC(=O)[C@H](N)Cc1ccccc1)C2. The lowest BCUT2D eigenvalue weighted by Gasteiger charge is -2.49. The Morgan fingerprint density at radius 1 is 0.935 bits per heavy atom. The monoisotopic (exact) mass is 642 g/mol. The number of rotatable bonds is 14. The number of likely N-dealkylation sites (tertiary alicyclic amines) is 2. The fourth-order valence-electron chi connectivity index (χ4n) is 6.05. The van der Waals surface area contributed by atoms with E-state index in [0.29, 0.717) is 64.8 Å². The number of amides is 5. The van der Waals surface area contributed by atoms with Crippen LogP contribution in [0.5, 0.6) is 0 Å². The molecule has 46 heavy (non-hydrogen) atoms. The van der Waals surface area contributed by atoms with Crippen molar-refractivity contribution in [2.75, 3.05) is 32.7 Å². The molecule has 12 nitrogen and oxygen atoms in total. The first-order valence-electron chi connectivity index (χ1n) is 16.5. The maximum Gasteiger partial charge on any atom is 0.407 e. The van der Waals surface area contributed by atoms with Gasteiger partial charge in [0.2, 0.25) is 23.6 Å². The van der Waals surface area contributed by atoms with Crippen molar-refractivity contribution in [1.29, 1.82) is 0 Å². The molecule has 3 atom stereocenters. The quantitative estimate of drug-likeness (QED) is 0.226. The molecule has 2 heterocycles. The van der Waals surface area contributed by atoms with Crippen molar-refractivity contribution in [2.24, 2.45) is 17.1 Å². The second-order valence-corrected chi connectivity index (χ2v) is 14.4. The fourth-order valence-corrected chi connectivity index (χ4v) is 6.05. The molecule has 5 amide bonds. The molecule has 0 unspecified atom stereocenters. The molecule has 2 fully saturated rings. The van der Waals surface area contributed by atoms with Gasteiger partial charge in [-0.15, -0.1) is 0 Å². The Kier molecular flexibility index (Phi) is 13.0. The molecular weight excluding hydrogens is 588 g/mol. The minimum absolute atomic E-state index is 0.0357. The summed E-state index contributed by atoms with van der Waals surface area (Å²) >= 11 is 0. The number of nitrogens with one attached hydrogen (secondary N) is 3. The zero-order chi connectivity index (χ0) is 34.1. The van der Waals surface area contributed by atoms with E-state index < -0.39 is 41.6 Å². The predicted octanol–water partition coefficient (Wildman–Crippen LogP) is 2.35. The summed E-state index contributed by atoms with van der Waals surface area (Å²) in [6, 6.07) is 6.94. The number of alkyl carbamates (subject to hydrolysis) is 1. The van der Waals surface area contributed by atoms with E-state index in [-0.39, 0.29) is 23.1 Å². The molecule has 0 aromatic heterocycles. The maximum absolute atomic E-state index is 13.8. The second kappa shape index (κ2) is 16.2. The molecule has 0 saturated carbocycles. The van der Waals surface area contributed by atoms with Crippen LogP contribution < -0.4 is 21.7 Å². The minimum atomic E-state index is -0.861. The molecule has 2 aliphatic rings. The van der Waals surface area contributed by atoms with Gasteiger partial charge in [-0.25, -0.2) is 4.79 Å². The van der Waals surface area contributed by atoms with Crippen molar-refractivity contribution < 1.29 is 28.7 Å². The van der Waals surface area contributed by atoms with Gasteiger partial charge in [0, 0.05) is 45.1 Å². The first-order valence-corrected chi connectivity index (χ1v) is 16.5. The maximum atomic E-state index is 13.8. The van der Waals surface area contributed by atoms with E-state index in [1.165, 1.54) is 0 Å². The molecule has 2 aliphatic heterocycles. The van der Waals surface area contributed by atoms with E-state index in [1.807, 2.05) is 49.1 Å². The molecule has 1 aromatic rings. The van der Waals surface area contributed by atoms with Crippen LogP contribution >= 0.6 is 0 Å². The molecule has 0 radical (unpaired) electrons. The third kappa shape index (κ3) is 11.3. The van der Waals surface area contributed by atoms with E-state index in [0.717, 1.165) is 12.0 Å². The highest BCUT2D eigenvalue weighted by atomic mass is 16.6. The van der Waals surface area contributed by atoms with Crippen LogP contribution in [0.4, 0.5) is 4.79 Å². The summed E-state index contributed by atoms with van der Waals surface area (Å²) in [5.74, 6) is -0.916. The standard InChI is InChI=1S/C34H54N6O6/c1-23(2)18-28(38-29(42)26(35)19-25-12-8-7-9-13-25)30(43)37-27(14-10-11-16-36-32(45)46-33(4,5)6)31(44)40-21-34(22-40)15-17-39(20-34)24(3)41/h7-9,12-13,23,26-28H,10-11,14-22,35H2,1-6H3,(H,36,45)(H,37,43)(H,38,42)/t26-,27-,28-/m1/s1. The van der Waals surface area contributed by atoms with Crippen molar-refractivity contribution in [3.8, 4) is 0 Å². The first-order chi connectivity index (χ1) is 21.6. The summed E-state index contributed by atoms with van der Waals surface area (Å²) in [7, 11) is 0. The highest BCUT2D eigenvalue weighted by Gasteiger charge is 2.50. The lowest BCUT2D eigenvalue weighted by molar-refractivity contribution is -0.147. The Balaban J connectivity index is 1.64. The first kappa shape index (κ1) is 36.8. The Hall–Kier alpha value is -3.67. The minimum Gasteiger partial charge on any atom is -0.444 e. The number of hydrogen-bond acceptors (Lipinski definition) is 7. The highest BCUT2D eigenvalue weighted by molar-refractivity contribution is 5.93. The van der Waals surface area contributed by atoms with E-state index in [2.05, 4.69) is 16.0 Å². The Morgan fingerprint density at radius 3 is 2.15 bits per heavy atom. The van der Waals surface area contributed by atoms with Crippen LogP contribution in [0.2, 0.25) is 0 Å². The smallest absolute Gasteiger partial charge is 0.407 e. The summed E-state index contributed by atoms with van der Waals surface area (Å²) < 4.78 is 5.28. The lowest BCUT2D eigenvalue weighted by atomic mass is 9.78. The van der Waals surface area contributed by atoms with Crippen LogP contribution in [-0.2, 0) is 30.3 Å². The Morgan fingerprint density at radius 2 is 1.57 bits per heavy atom. The van der Waals surface area contributed by atoms with E-state index >= 15 is 0 Å². The lowest BCUT2D eigenvalue weighted by Crippen LogP contribution is -2.64. The van der Waals surface area contributed by atoms with Crippen molar-refractivity contribution in [3.63, 3.8) is 0 Å². The molecular formula is C34H54N6O6. The number of carbonyl (C=O) groups excluding carboxylic acids is 5. The molecule has 1 spiro atoms. The van der Waals surface area contributed by atoms with Crippen molar-refractivity contribution in [2.45, 2.75) is 104 Å². The van der Waals surface area contributed by atoms with Gasteiger partial charge in [-0.05, 0) is 70.8 Å².